The molecular weight excluding hydrogens is 284 g/mol. The predicted molar refractivity (Wildman–Crippen MR) is 93.2 cm³/mol. The molecule has 0 bridgehead atoms. The van der Waals surface area contributed by atoms with Gasteiger partial charge in [0.25, 0.3) is 0 Å². The third kappa shape index (κ3) is 3.72. The highest BCUT2D eigenvalue weighted by Crippen LogP contribution is 2.18. The molecule has 1 N–H and O–H groups in total. The maximum atomic E-state index is 4.47. The minimum Gasteiger partial charge on any atom is -0.366 e. The van der Waals surface area contributed by atoms with Crippen LogP contribution in [0.25, 0.3) is 11.4 Å². The van der Waals surface area contributed by atoms with Crippen LogP contribution in [0.1, 0.15) is 22.5 Å². The molecule has 0 aliphatic carbocycles. The molecule has 0 atom stereocenters. The first-order valence-electron chi connectivity index (χ1n) is 7.69. The van der Waals surface area contributed by atoms with Crippen molar-refractivity contribution in [2.75, 3.05) is 5.32 Å². The normalized spacial score (nSPS) is 10.6. The Morgan fingerprint density at radius 3 is 2.52 bits per heavy atom. The Labute approximate surface area is 136 Å². The smallest absolute Gasteiger partial charge is 0.130 e. The van der Waals surface area contributed by atoms with Crippen LogP contribution in [0.3, 0.4) is 0 Å². The van der Waals surface area contributed by atoms with E-state index in [2.05, 4.69) is 52.3 Å². The van der Waals surface area contributed by atoms with Crippen LogP contribution in [0.5, 0.6) is 0 Å². The number of aromatic nitrogens is 3. The van der Waals surface area contributed by atoms with Gasteiger partial charge in [0.1, 0.15) is 11.6 Å². The Balaban J connectivity index is 1.82. The third-order valence-corrected chi connectivity index (χ3v) is 3.72. The number of aryl methyl sites for hydroxylation is 3. The van der Waals surface area contributed by atoms with Crippen LogP contribution >= 0.6 is 0 Å². The van der Waals surface area contributed by atoms with Crippen molar-refractivity contribution in [2.45, 2.75) is 27.3 Å². The lowest BCUT2D eigenvalue weighted by atomic mass is 10.1. The first-order valence-corrected chi connectivity index (χ1v) is 7.69. The molecule has 3 aromatic rings. The standard InChI is InChI=1S/C19H20N4/c1-13-7-8-16(14(2)10-13)12-21-19-11-18(22-15(3)23-19)17-6-4-5-9-20-17/h4-11H,12H2,1-3H3,(H,21,22,23). The lowest BCUT2D eigenvalue weighted by Crippen LogP contribution is -2.05. The molecule has 4 nitrogen and oxygen atoms in total. The van der Waals surface area contributed by atoms with Gasteiger partial charge in [0.2, 0.25) is 0 Å². The van der Waals surface area contributed by atoms with Gasteiger partial charge in [-0.25, -0.2) is 9.97 Å². The zero-order valence-corrected chi connectivity index (χ0v) is 13.7. The fourth-order valence-corrected chi connectivity index (χ4v) is 2.53. The van der Waals surface area contributed by atoms with Gasteiger partial charge in [-0.3, -0.25) is 4.98 Å². The van der Waals surface area contributed by atoms with E-state index in [1.807, 2.05) is 31.2 Å². The van der Waals surface area contributed by atoms with Crippen molar-refractivity contribution >= 4 is 5.82 Å². The largest absolute Gasteiger partial charge is 0.366 e. The Morgan fingerprint density at radius 1 is 0.913 bits per heavy atom. The van der Waals surface area contributed by atoms with E-state index in [9.17, 15) is 0 Å². The van der Waals surface area contributed by atoms with Crippen molar-refractivity contribution < 1.29 is 0 Å². The number of nitrogens with zero attached hydrogens (tertiary/aromatic N) is 3. The van der Waals surface area contributed by atoms with E-state index in [1.54, 1.807) is 6.20 Å². The van der Waals surface area contributed by atoms with Gasteiger partial charge in [-0.15, -0.1) is 0 Å². The predicted octanol–water partition coefficient (Wildman–Crippen LogP) is 4.08. The van der Waals surface area contributed by atoms with Crippen LogP contribution in [0.4, 0.5) is 5.82 Å². The van der Waals surface area contributed by atoms with Crippen LogP contribution in [-0.4, -0.2) is 15.0 Å². The van der Waals surface area contributed by atoms with Crippen LogP contribution < -0.4 is 5.32 Å². The van der Waals surface area contributed by atoms with Crippen molar-refractivity contribution in [3.8, 4) is 11.4 Å². The molecule has 2 heterocycles. The minimum atomic E-state index is 0.733. The number of nitrogens with one attached hydrogen (secondary N) is 1. The highest BCUT2D eigenvalue weighted by molar-refractivity contribution is 5.58. The zero-order chi connectivity index (χ0) is 16.2. The molecule has 4 heteroatoms. The van der Waals surface area contributed by atoms with Crippen LogP contribution in [-0.2, 0) is 6.54 Å². The molecule has 0 saturated carbocycles. The second-order valence-corrected chi connectivity index (χ2v) is 5.68. The number of hydrogen-bond donors (Lipinski definition) is 1. The Hall–Kier alpha value is -2.75. The van der Waals surface area contributed by atoms with Crippen molar-refractivity contribution in [3.05, 3.63) is 71.2 Å². The molecule has 0 saturated heterocycles. The number of hydrogen-bond acceptors (Lipinski definition) is 4. The van der Waals surface area contributed by atoms with Gasteiger partial charge in [-0.05, 0) is 44.0 Å². The second-order valence-electron chi connectivity index (χ2n) is 5.68. The first-order chi connectivity index (χ1) is 11.1. The van der Waals surface area contributed by atoms with E-state index in [0.29, 0.717) is 0 Å². The van der Waals surface area contributed by atoms with Gasteiger partial charge in [0, 0.05) is 18.8 Å². The Kier molecular flexibility index (Phi) is 4.33. The van der Waals surface area contributed by atoms with Crippen LogP contribution in [0.15, 0.2) is 48.7 Å². The van der Waals surface area contributed by atoms with Crippen molar-refractivity contribution in [1.29, 1.82) is 0 Å². The van der Waals surface area contributed by atoms with Crippen LogP contribution in [0, 0.1) is 20.8 Å². The van der Waals surface area contributed by atoms with E-state index in [1.165, 1.54) is 16.7 Å². The highest BCUT2D eigenvalue weighted by atomic mass is 15.0. The molecule has 0 aliphatic heterocycles. The van der Waals surface area contributed by atoms with Gasteiger partial charge in [0.05, 0.1) is 11.4 Å². The molecule has 0 fully saturated rings. The molecule has 23 heavy (non-hydrogen) atoms. The molecule has 0 spiro atoms. The molecule has 0 amide bonds. The molecule has 0 unspecified atom stereocenters. The van der Waals surface area contributed by atoms with Crippen LogP contribution in [0.2, 0.25) is 0 Å². The second kappa shape index (κ2) is 6.57. The van der Waals surface area contributed by atoms with Gasteiger partial charge >= 0.3 is 0 Å². The monoisotopic (exact) mass is 304 g/mol. The van der Waals surface area contributed by atoms with Crippen molar-refractivity contribution in [3.63, 3.8) is 0 Å². The molecule has 2 aromatic heterocycles. The van der Waals surface area contributed by atoms with Gasteiger partial charge in [0.15, 0.2) is 0 Å². The molecular formula is C19H20N4. The quantitative estimate of drug-likeness (QED) is 0.789. The summed E-state index contributed by atoms with van der Waals surface area (Å²) in [4.78, 5) is 13.3. The van der Waals surface area contributed by atoms with Gasteiger partial charge < -0.3 is 5.32 Å². The number of anilines is 1. The van der Waals surface area contributed by atoms with E-state index >= 15 is 0 Å². The molecule has 0 aliphatic rings. The third-order valence-electron chi connectivity index (χ3n) is 3.72. The first kappa shape index (κ1) is 15.2. The summed E-state index contributed by atoms with van der Waals surface area (Å²) in [5, 5.41) is 3.39. The van der Waals surface area contributed by atoms with Gasteiger partial charge in [-0.1, -0.05) is 29.8 Å². The Morgan fingerprint density at radius 2 is 1.78 bits per heavy atom. The summed E-state index contributed by atoms with van der Waals surface area (Å²) in [6.07, 6.45) is 1.77. The summed E-state index contributed by atoms with van der Waals surface area (Å²) in [5.74, 6) is 1.55. The van der Waals surface area contributed by atoms with E-state index in [0.717, 1.165) is 29.6 Å². The SMILES string of the molecule is Cc1ccc(CNc2cc(-c3ccccn3)nc(C)n2)c(C)c1. The minimum absolute atomic E-state index is 0.733. The van der Waals surface area contributed by atoms with Gasteiger partial charge in [-0.2, -0.15) is 0 Å². The fraction of sp³-hybridized carbons (Fsp3) is 0.211. The number of pyridine rings is 1. The Bertz CT molecular complexity index is 813. The maximum absolute atomic E-state index is 4.47. The number of rotatable bonds is 4. The van der Waals surface area contributed by atoms with E-state index in [4.69, 9.17) is 0 Å². The summed E-state index contributed by atoms with van der Waals surface area (Å²) in [6.45, 7) is 6.88. The van der Waals surface area contributed by atoms with E-state index in [-0.39, 0.29) is 0 Å². The molecule has 116 valence electrons. The molecule has 1 aromatic carbocycles. The molecule has 0 radical (unpaired) electrons. The number of benzene rings is 1. The lowest BCUT2D eigenvalue weighted by Gasteiger charge is -2.11. The van der Waals surface area contributed by atoms with Crippen molar-refractivity contribution in [1.82, 2.24) is 15.0 Å². The summed E-state index contributed by atoms with van der Waals surface area (Å²) >= 11 is 0. The summed E-state index contributed by atoms with van der Waals surface area (Å²) in [5.41, 5.74) is 5.52. The van der Waals surface area contributed by atoms with E-state index < -0.39 is 0 Å². The topological polar surface area (TPSA) is 50.7 Å². The summed E-state index contributed by atoms with van der Waals surface area (Å²) < 4.78 is 0. The maximum Gasteiger partial charge on any atom is 0.130 e. The summed E-state index contributed by atoms with van der Waals surface area (Å²) in [6, 6.07) is 14.2. The zero-order valence-electron chi connectivity index (χ0n) is 13.7. The highest BCUT2D eigenvalue weighted by Gasteiger charge is 2.06. The molecule has 3 rings (SSSR count). The fourth-order valence-electron chi connectivity index (χ4n) is 2.53. The average Bonchev–Trinajstić information content (AvgIpc) is 2.54. The summed E-state index contributed by atoms with van der Waals surface area (Å²) in [7, 11) is 0. The lowest BCUT2D eigenvalue weighted by molar-refractivity contribution is 1.02. The average molecular weight is 304 g/mol. The van der Waals surface area contributed by atoms with Crippen molar-refractivity contribution in [2.24, 2.45) is 0 Å².